The third kappa shape index (κ3) is 6.21. The van der Waals surface area contributed by atoms with Crippen LogP contribution < -0.4 is 10.2 Å². The summed E-state index contributed by atoms with van der Waals surface area (Å²) >= 11 is 0. The largest absolute Gasteiger partial charge is 0.416 e. The molecule has 1 aliphatic heterocycles. The molecule has 4 rings (SSSR count). The summed E-state index contributed by atoms with van der Waals surface area (Å²) in [5, 5.41) is 13.5. The number of nitrogens with zero attached hydrogens (tertiary/aromatic N) is 2. The third-order valence-electron chi connectivity index (χ3n) is 7.05. The van der Waals surface area contributed by atoms with E-state index in [9.17, 15) is 27.9 Å². The molecule has 1 unspecified atom stereocenters. The monoisotopic (exact) mass is 515 g/mol. The van der Waals surface area contributed by atoms with Gasteiger partial charge in [0.25, 0.3) is 5.91 Å². The Kier molecular flexibility index (Phi) is 8.02. The number of benzene rings is 2. The topological polar surface area (TPSA) is 82.0 Å². The number of likely N-dealkylation sites (N-methyl/N-ethyl adjacent to an activating group) is 1. The number of aliphatic hydroxyl groups excluding tert-OH is 1. The Balaban J connectivity index is 1.68. The maximum atomic E-state index is 13.4. The predicted molar refractivity (Wildman–Crippen MR) is 135 cm³/mol. The van der Waals surface area contributed by atoms with E-state index < -0.39 is 41.7 Å². The van der Waals surface area contributed by atoms with Gasteiger partial charge >= 0.3 is 6.18 Å². The number of carbonyl (C=O) groups is 2. The van der Waals surface area contributed by atoms with Crippen LogP contribution in [0.5, 0.6) is 0 Å². The molecule has 2 amide bonds. The summed E-state index contributed by atoms with van der Waals surface area (Å²) in [4.78, 5) is 32.7. The maximum Gasteiger partial charge on any atom is 0.416 e. The number of aliphatic hydroxyl groups is 1. The molecular weight excluding hydrogens is 483 g/mol. The second-order valence-corrected chi connectivity index (χ2v) is 9.87. The van der Waals surface area contributed by atoms with Crippen molar-refractivity contribution >= 4 is 23.2 Å². The van der Waals surface area contributed by atoms with Crippen molar-refractivity contribution in [3.05, 3.63) is 65.2 Å². The highest BCUT2D eigenvalue weighted by Gasteiger charge is 2.37. The maximum absolute atomic E-state index is 13.4. The molecule has 0 aromatic heterocycles. The summed E-state index contributed by atoms with van der Waals surface area (Å²) in [7, 11) is 1.57. The number of benzodiazepines with no additional fused rings is 1. The SMILES string of the molecule is CCCC[C@H](O)[C@@H](CC1CC1)C(=O)NC1N=C(c2ccc(C(F)(F)F)cc2)c2ccccc2N(C)C1=O. The summed E-state index contributed by atoms with van der Waals surface area (Å²) in [5.74, 6) is -1.19. The van der Waals surface area contributed by atoms with Gasteiger partial charge in [0.15, 0.2) is 0 Å². The first-order valence-corrected chi connectivity index (χ1v) is 12.7. The second kappa shape index (κ2) is 11.0. The van der Waals surface area contributed by atoms with Crippen molar-refractivity contribution in [2.45, 2.75) is 63.9 Å². The van der Waals surface area contributed by atoms with Gasteiger partial charge in [0.1, 0.15) is 0 Å². The van der Waals surface area contributed by atoms with Crippen LogP contribution in [0.25, 0.3) is 0 Å². The van der Waals surface area contributed by atoms with Gasteiger partial charge < -0.3 is 15.3 Å². The molecule has 9 heteroatoms. The molecule has 37 heavy (non-hydrogen) atoms. The van der Waals surface area contributed by atoms with E-state index in [2.05, 4.69) is 10.3 Å². The number of aliphatic imine (C=N–C) groups is 1. The van der Waals surface area contributed by atoms with Gasteiger partial charge in [-0.1, -0.05) is 62.9 Å². The Labute approximate surface area is 214 Å². The summed E-state index contributed by atoms with van der Waals surface area (Å²) in [6.07, 6.45) is -1.86. The van der Waals surface area contributed by atoms with Crippen molar-refractivity contribution in [1.29, 1.82) is 0 Å². The standard InChI is InChI=1S/C28H32F3N3O3/c1-3-4-9-23(35)21(16-17-10-11-17)26(36)33-25-27(37)34(2)22-8-6-5-7-20(22)24(32-25)18-12-14-19(15-13-18)28(29,30)31/h5-8,12-15,17,21,23,25,35H,3-4,9-11,16H2,1-2H3,(H,33,36)/t21-,23+,25?/m1/s1. The van der Waals surface area contributed by atoms with Gasteiger partial charge in [-0.25, -0.2) is 4.99 Å². The average Bonchev–Trinajstić information content (AvgIpc) is 3.71. The highest BCUT2D eigenvalue weighted by molar-refractivity contribution is 6.20. The molecule has 0 radical (unpaired) electrons. The van der Waals surface area contributed by atoms with Crippen molar-refractivity contribution in [2.24, 2.45) is 16.8 Å². The van der Waals surface area contributed by atoms with Gasteiger partial charge in [0.2, 0.25) is 12.1 Å². The molecule has 1 fully saturated rings. The molecule has 198 valence electrons. The number of unbranched alkanes of at least 4 members (excludes halogenated alkanes) is 1. The molecule has 1 saturated carbocycles. The number of nitrogens with one attached hydrogen (secondary N) is 1. The van der Waals surface area contributed by atoms with E-state index in [4.69, 9.17) is 0 Å². The smallest absolute Gasteiger partial charge is 0.392 e. The quantitative estimate of drug-likeness (QED) is 0.497. The first-order chi connectivity index (χ1) is 17.6. The lowest BCUT2D eigenvalue weighted by Crippen LogP contribution is -2.49. The fourth-order valence-corrected chi connectivity index (χ4v) is 4.67. The lowest BCUT2D eigenvalue weighted by atomic mass is 9.91. The molecule has 2 aromatic rings. The van der Waals surface area contributed by atoms with Gasteiger partial charge in [0, 0.05) is 18.2 Å². The number of fused-ring (bicyclic) bond motifs is 1. The van der Waals surface area contributed by atoms with E-state index in [1.807, 2.05) is 6.92 Å². The van der Waals surface area contributed by atoms with Crippen LogP contribution in [0.2, 0.25) is 0 Å². The normalized spacial score (nSPS) is 19.5. The second-order valence-electron chi connectivity index (χ2n) is 9.87. The number of anilines is 1. The minimum atomic E-state index is -4.48. The lowest BCUT2D eigenvalue weighted by molar-refractivity contribution is -0.137. The third-order valence-corrected chi connectivity index (χ3v) is 7.05. The fraction of sp³-hybridized carbons (Fsp3) is 0.464. The van der Waals surface area contributed by atoms with E-state index >= 15 is 0 Å². The average molecular weight is 516 g/mol. The number of halogens is 3. The Morgan fingerprint density at radius 1 is 1.16 bits per heavy atom. The van der Waals surface area contributed by atoms with Crippen LogP contribution in [0.3, 0.4) is 0 Å². The lowest BCUT2D eigenvalue weighted by Gasteiger charge is -2.25. The Bertz CT molecular complexity index is 1160. The summed E-state index contributed by atoms with van der Waals surface area (Å²) in [5.41, 5.74) is 0.992. The molecule has 1 heterocycles. The number of amides is 2. The highest BCUT2D eigenvalue weighted by Crippen LogP contribution is 2.37. The Hall–Kier alpha value is -3.20. The van der Waals surface area contributed by atoms with E-state index in [0.717, 1.165) is 37.8 Å². The summed E-state index contributed by atoms with van der Waals surface area (Å²) in [6.45, 7) is 2.01. The molecule has 0 spiro atoms. The summed E-state index contributed by atoms with van der Waals surface area (Å²) < 4.78 is 39.4. The van der Waals surface area contributed by atoms with Crippen molar-refractivity contribution < 1.29 is 27.9 Å². The van der Waals surface area contributed by atoms with Crippen LogP contribution >= 0.6 is 0 Å². The molecule has 6 nitrogen and oxygen atoms in total. The van der Waals surface area contributed by atoms with Crippen molar-refractivity contribution in [3.63, 3.8) is 0 Å². The van der Waals surface area contributed by atoms with Gasteiger partial charge in [0.05, 0.1) is 29.0 Å². The molecule has 2 aliphatic rings. The molecule has 0 bridgehead atoms. The number of carbonyl (C=O) groups excluding carboxylic acids is 2. The van der Waals surface area contributed by atoms with Crippen molar-refractivity contribution in [1.82, 2.24) is 5.32 Å². The van der Waals surface area contributed by atoms with E-state index in [0.29, 0.717) is 41.3 Å². The summed E-state index contributed by atoms with van der Waals surface area (Å²) in [6, 6.07) is 11.5. The van der Waals surface area contributed by atoms with Crippen LogP contribution in [0, 0.1) is 11.8 Å². The molecule has 2 N–H and O–H groups in total. The molecular formula is C28H32F3N3O3. The number of hydrogen-bond donors (Lipinski definition) is 2. The Morgan fingerprint density at radius 2 is 1.84 bits per heavy atom. The van der Waals surface area contributed by atoms with Gasteiger partial charge in [-0.3, -0.25) is 9.59 Å². The first-order valence-electron chi connectivity index (χ1n) is 12.7. The molecule has 0 saturated heterocycles. The Morgan fingerprint density at radius 3 is 2.46 bits per heavy atom. The zero-order valence-corrected chi connectivity index (χ0v) is 21.0. The minimum absolute atomic E-state index is 0.303. The first kappa shape index (κ1) is 26.9. The zero-order valence-electron chi connectivity index (χ0n) is 21.0. The van der Waals surface area contributed by atoms with Gasteiger partial charge in [-0.15, -0.1) is 0 Å². The number of alkyl halides is 3. The van der Waals surface area contributed by atoms with E-state index in [1.54, 1.807) is 31.3 Å². The van der Waals surface area contributed by atoms with E-state index in [-0.39, 0.29) is 0 Å². The van der Waals surface area contributed by atoms with Crippen molar-refractivity contribution in [3.8, 4) is 0 Å². The van der Waals surface area contributed by atoms with Crippen molar-refractivity contribution in [2.75, 3.05) is 11.9 Å². The molecule has 3 atom stereocenters. The van der Waals surface area contributed by atoms with E-state index in [1.165, 1.54) is 17.0 Å². The zero-order chi connectivity index (χ0) is 26.7. The number of hydrogen-bond acceptors (Lipinski definition) is 4. The molecule has 1 aliphatic carbocycles. The minimum Gasteiger partial charge on any atom is -0.392 e. The van der Waals surface area contributed by atoms with Crippen LogP contribution in [-0.4, -0.2) is 41.9 Å². The van der Waals surface area contributed by atoms with Crippen LogP contribution in [0.4, 0.5) is 18.9 Å². The fourth-order valence-electron chi connectivity index (χ4n) is 4.67. The predicted octanol–water partition coefficient (Wildman–Crippen LogP) is 4.93. The van der Waals surface area contributed by atoms with Gasteiger partial charge in [-0.2, -0.15) is 13.2 Å². The molecule has 2 aromatic carbocycles. The van der Waals surface area contributed by atoms with Gasteiger partial charge in [-0.05, 0) is 37.0 Å². The van der Waals surface area contributed by atoms with Crippen LogP contribution in [0.15, 0.2) is 53.5 Å². The number of rotatable bonds is 9. The number of para-hydroxylation sites is 1. The van der Waals surface area contributed by atoms with Crippen LogP contribution in [-0.2, 0) is 15.8 Å². The highest BCUT2D eigenvalue weighted by atomic mass is 19.4. The van der Waals surface area contributed by atoms with Crippen LogP contribution in [0.1, 0.15) is 62.1 Å².